The van der Waals surface area contributed by atoms with Gasteiger partial charge in [0.15, 0.2) is 12.4 Å². The van der Waals surface area contributed by atoms with Crippen molar-refractivity contribution in [3.05, 3.63) is 21.3 Å². The number of anilines is 1. The number of rotatable bonds is 3. The van der Waals surface area contributed by atoms with Gasteiger partial charge >= 0.3 is 0 Å². The van der Waals surface area contributed by atoms with Crippen molar-refractivity contribution in [3.63, 3.8) is 0 Å². The Hall–Kier alpha value is -1.49. The first-order chi connectivity index (χ1) is 7.58. The van der Waals surface area contributed by atoms with Gasteiger partial charge in [0.2, 0.25) is 0 Å². The van der Waals surface area contributed by atoms with E-state index in [0.717, 1.165) is 0 Å². The van der Waals surface area contributed by atoms with Crippen molar-refractivity contribution in [2.45, 2.75) is 0 Å². The number of carbonyl (C=O) groups is 1. The fourth-order valence-corrected chi connectivity index (χ4v) is 1.84. The van der Waals surface area contributed by atoms with E-state index >= 15 is 0 Å². The zero-order valence-electron chi connectivity index (χ0n) is 8.58. The second-order valence-corrected chi connectivity index (χ2v) is 4.11. The van der Waals surface area contributed by atoms with E-state index in [2.05, 4.69) is 5.32 Å². The number of hydrogen-bond acceptors (Lipinski definition) is 4. The highest BCUT2D eigenvalue weighted by atomic mass is 127. The molecule has 3 N–H and O–H groups in total. The number of nitrogen functional groups attached to an aromatic ring is 1. The molecule has 5 nitrogen and oxygen atoms in total. The van der Waals surface area contributed by atoms with Crippen LogP contribution in [0.5, 0.6) is 5.75 Å². The van der Waals surface area contributed by atoms with Gasteiger partial charge < -0.3 is 15.8 Å². The standard InChI is InChI=1S/C10H10IN3O2/c1-14-9(15)5-16-10-7(11)2-6(4-12)3-8(10)13/h2-3H,5,13H2,1H3,(H,14,15). The van der Waals surface area contributed by atoms with Crippen LogP contribution < -0.4 is 15.8 Å². The van der Waals surface area contributed by atoms with Crippen molar-refractivity contribution < 1.29 is 9.53 Å². The van der Waals surface area contributed by atoms with E-state index in [0.29, 0.717) is 20.6 Å². The second-order valence-electron chi connectivity index (χ2n) is 2.95. The third-order valence-corrected chi connectivity index (χ3v) is 2.63. The van der Waals surface area contributed by atoms with Gasteiger partial charge in [0.1, 0.15) is 0 Å². The number of nitriles is 1. The predicted octanol–water partition coefficient (Wildman–Crippen LogP) is 0.870. The maximum absolute atomic E-state index is 11.0. The Labute approximate surface area is 107 Å². The molecule has 0 saturated heterocycles. The van der Waals surface area contributed by atoms with Crippen LogP contribution in [0, 0.1) is 14.9 Å². The highest BCUT2D eigenvalue weighted by Gasteiger charge is 2.09. The number of nitrogens with one attached hydrogen (secondary N) is 1. The maximum Gasteiger partial charge on any atom is 0.257 e. The van der Waals surface area contributed by atoms with Crippen LogP contribution in [-0.2, 0) is 4.79 Å². The molecule has 0 aromatic heterocycles. The van der Waals surface area contributed by atoms with E-state index in [1.165, 1.54) is 13.1 Å². The first-order valence-corrected chi connectivity index (χ1v) is 5.49. The quantitative estimate of drug-likeness (QED) is 0.635. The summed E-state index contributed by atoms with van der Waals surface area (Å²) in [5.74, 6) is 0.197. The Bertz CT molecular complexity index is 431. The summed E-state index contributed by atoms with van der Waals surface area (Å²) >= 11 is 2.01. The number of nitrogens with two attached hydrogens (primary N) is 1. The van der Waals surface area contributed by atoms with Gasteiger partial charge in [0.05, 0.1) is 20.9 Å². The van der Waals surface area contributed by atoms with Gasteiger partial charge in [-0.1, -0.05) is 0 Å². The number of nitrogens with zero attached hydrogens (tertiary/aromatic N) is 1. The van der Waals surface area contributed by atoms with Gasteiger partial charge in [-0.2, -0.15) is 5.26 Å². The van der Waals surface area contributed by atoms with Crippen LogP contribution in [-0.4, -0.2) is 19.6 Å². The summed E-state index contributed by atoms with van der Waals surface area (Å²) in [6, 6.07) is 5.16. The fraction of sp³-hybridized carbons (Fsp3) is 0.200. The minimum absolute atomic E-state index is 0.0946. The molecule has 0 unspecified atom stereocenters. The zero-order valence-corrected chi connectivity index (χ0v) is 10.7. The van der Waals surface area contributed by atoms with Crippen LogP contribution in [0.1, 0.15) is 5.56 Å². The van der Waals surface area contributed by atoms with Crippen LogP contribution in [0.4, 0.5) is 5.69 Å². The van der Waals surface area contributed by atoms with E-state index in [9.17, 15) is 4.79 Å². The Morgan fingerprint density at radius 1 is 1.69 bits per heavy atom. The summed E-state index contributed by atoms with van der Waals surface area (Å²) in [5, 5.41) is 11.2. The van der Waals surface area contributed by atoms with Crippen LogP contribution in [0.2, 0.25) is 0 Å². The summed E-state index contributed by atoms with van der Waals surface area (Å²) in [4.78, 5) is 11.0. The van der Waals surface area contributed by atoms with Gasteiger partial charge in [-0.15, -0.1) is 0 Å². The molecular formula is C10H10IN3O2. The molecule has 0 saturated carbocycles. The molecule has 0 radical (unpaired) electrons. The van der Waals surface area contributed by atoms with Gasteiger partial charge in [-0.3, -0.25) is 4.79 Å². The van der Waals surface area contributed by atoms with Crippen molar-refractivity contribution in [3.8, 4) is 11.8 Å². The van der Waals surface area contributed by atoms with Crippen molar-refractivity contribution in [1.82, 2.24) is 5.32 Å². The lowest BCUT2D eigenvalue weighted by molar-refractivity contribution is -0.122. The average molecular weight is 331 g/mol. The molecule has 84 valence electrons. The number of halogens is 1. The number of ether oxygens (including phenoxy) is 1. The lowest BCUT2D eigenvalue weighted by atomic mass is 10.2. The van der Waals surface area contributed by atoms with Crippen LogP contribution in [0.25, 0.3) is 0 Å². The lowest BCUT2D eigenvalue weighted by Crippen LogP contribution is -2.25. The summed E-state index contributed by atoms with van der Waals surface area (Å²) in [7, 11) is 1.53. The molecule has 1 aromatic rings. The first kappa shape index (κ1) is 12.6. The molecule has 16 heavy (non-hydrogen) atoms. The second kappa shape index (κ2) is 5.55. The Kier molecular flexibility index (Phi) is 4.37. The Morgan fingerprint density at radius 2 is 2.38 bits per heavy atom. The zero-order chi connectivity index (χ0) is 12.1. The van der Waals surface area contributed by atoms with E-state index in [4.69, 9.17) is 15.7 Å². The molecule has 0 aliphatic carbocycles. The topological polar surface area (TPSA) is 88.1 Å². The van der Waals surface area contributed by atoms with E-state index in [-0.39, 0.29) is 12.5 Å². The average Bonchev–Trinajstić information content (AvgIpc) is 2.27. The Balaban J connectivity index is 2.89. The first-order valence-electron chi connectivity index (χ1n) is 4.41. The van der Waals surface area contributed by atoms with Crippen molar-refractivity contribution >= 4 is 34.2 Å². The number of likely N-dealkylation sites (N-methyl/N-ethyl adjacent to an activating group) is 1. The van der Waals surface area contributed by atoms with E-state index in [1.54, 1.807) is 6.07 Å². The SMILES string of the molecule is CNC(=O)COc1c(N)cc(C#N)cc1I. The summed E-state index contributed by atoms with van der Waals surface area (Å²) < 4.78 is 5.97. The van der Waals surface area contributed by atoms with Gasteiger partial charge in [-0.05, 0) is 34.7 Å². The predicted molar refractivity (Wildman–Crippen MR) is 67.8 cm³/mol. The molecule has 1 aromatic carbocycles. The largest absolute Gasteiger partial charge is 0.480 e. The van der Waals surface area contributed by atoms with Crippen molar-refractivity contribution in [1.29, 1.82) is 5.26 Å². The molecule has 1 rings (SSSR count). The lowest BCUT2D eigenvalue weighted by Gasteiger charge is -2.10. The maximum atomic E-state index is 11.0. The highest BCUT2D eigenvalue weighted by molar-refractivity contribution is 14.1. The summed E-state index contributed by atoms with van der Waals surface area (Å²) in [5.41, 5.74) is 6.53. The van der Waals surface area contributed by atoms with Crippen LogP contribution >= 0.6 is 22.6 Å². The molecule has 0 atom stereocenters. The van der Waals surface area contributed by atoms with Crippen molar-refractivity contribution in [2.24, 2.45) is 0 Å². The van der Waals surface area contributed by atoms with E-state index in [1.807, 2.05) is 28.7 Å². The van der Waals surface area contributed by atoms with E-state index < -0.39 is 0 Å². The molecule has 0 heterocycles. The minimum Gasteiger partial charge on any atom is -0.480 e. The third kappa shape index (κ3) is 3.00. The monoisotopic (exact) mass is 331 g/mol. The number of benzene rings is 1. The van der Waals surface area contributed by atoms with Gasteiger partial charge in [-0.25, -0.2) is 0 Å². The molecular weight excluding hydrogens is 321 g/mol. The summed E-state index contributed by atoms with van der Waals surface area (Å²) in [6.45, 7) is -0.0946. The number of hydrogen-bond donors (Lipinski definition) is 2. The molecule has 0 aliphatic rings. The molecule has 6 heteroatoms. The van der Waals surface area contributed by atoms with Crippen LogP contribution in [0.3, 0.4) is 0 Å². The number of carbonyl (C=O) groups excluding carboxylic acids is 1. The summed E-state index contributed by atoms with van der Waals surface area (Å²) in [6.07, 6.45) is 0. The van der Waals surface area contributed by atoms with Gasteiger partial charge in [0, 0.05) is 7.05 Å². The van der Waals surface area contributed by atoms with Crippen molar-refractivity contribution in [2.75, 3.05) is 19.4 Å². The third-order valence-electron chi connectivity index (χ3n) is 1.83. The fourth-order valence-electron chi connectivity index (χ4n) is 1.04. The number of amides is 1. The molecule has 0 spiro atoms. The normalized spacial score (nSPS) is 9.31. The molecule has 0 bridgehead atoms. The van der Waals surface area contributed by atoms with Gasteiger partial charge in [0.25, 0.3) is 5.91 Å². The minimum atomic E-state index is -0.237. The smallest absolute Gasteiger partial charge is 0.257 e. The molecule has 0 fully saturated rings. The van der Waals surface area contributed by atoms with Crippen LogP contribution in [0.15, 0.2) is 12.1 Å². The molecule has 0 aliphatic heterocycles. The molecule has 1 amide bonds. The Morgan fingerprint density at radius 3 is 2.88 bits per heavy atom. The highest BCUT2D eigenvalue weighted by Crippen LogP contribution is 2.29.